The van der Waals surface area contributed by atoms with Crippen molar-refractivity contribution < 1.29 is 4.92 Å². The fourth-order valence-electron chi connectivity index (χ4n) is 3.94. The monoisotopic (exact) mass is 487 g/mol. The number of fused-ring (bicyclic) bond motifs is 1. The summed E-state index contributed by atoms with van der Waals surface area (Å²) in [5.74, 6) is 0.576. The highest BCUT2D eigenvalue weighted by molar-refractivity contribution is 7.98. The Morgan fingerprint density at radius 1 is 1.12 bits per heavy atom. The number of thiophene rings is 2. The summed E-state index contributed by atoms with van der Waals surface area (Å²) < 4.78 is 0. The van der Waals surface area contributed by atoms with Crippen molar-refractivity contribution in [2.75, 3.05) is 0 Å². The van der Waals surface area contributed by atoms with Gasteiger partial charge in [-0.05, 0) is 58.5 Å². The van der Waals surface area contributed by atoms with Crippen molar-refractivity contribution >= 4 is 51.8 Å². The van der Waals surface area contributed by atoms with E-state index in [2.05, 4.69) is 29.7 Å². The minimum absolute atomic E-state index is 0.0699. The molecular formula is C25H17N3O2S3. The summed E-state index contributed by atoms with van der Waals surface area (Å²) in [6.45, 7) is 0. The van der Waals surface area contributed by atoms with Gasteiger partial charge in [0.1, 0.15) is 11.1 Å². The Kier molecular flexibility index (Phi) is 6.09. The van der Waals surface area contributed by atoms with Crippen molar-refractivity contribution in [2.24, 2.45) is 0 Å². The molecule has 0 aliphatic heterocycles. The number of aromatic nitrogens is 1. The van der Waals surface area contributed by atoms with E-state index in [0.29, 0.717) is 16.3 Å². The Hall–Kier alpha value is -3.25. The number of nitro benzene ring substituents is 1. The number of hydrogen-bond donors (Lipinski definition) is 0. The molecule has 5 nitrogen and oxygen atoms in total. The van der Waals surface area contributed by atoms with Crippen LogP contribution in [0, 0.1) is 21.4 Å². The molecule has 162 valence electrons. The summed E-state index contributed by atoms with van der Waals surface area (Å²) in [6, 6.07) is 17.2. The fraction of sp³-hybridized carbons (Fsp3) is 0.120. The summed E-state index contributed by atoms with van der Waals surface area (Å²) in [7, 11) is 0. The predicted octanol–water partition coefficient (Wildman–Crippen LogP) is 7.43. The smallest absolute Gasteiger partial charge is 0.258 e. The molecule has 3 heterocycles. The molecule has 5 rings (SSSR count). The second kappa shape index (κ2) is 9.32. The van der Waals surface area contributed by atoms with Crippen LogP contribution < -0.4 is 0 Å². The first-order valence-corrected chi connectivity index (χ1v) is 13.0. The molecule has 0 unspecified atom stereocenters. The van der Waals surface area contributed by atoms with E-state index >= 15 is 0 Å². The van der Waals surface area contributed by atoms with Crippen LogP contribution in [0.4, 0.5) is 5.69 Å². The Morgan fingerprint density at radius 3 is 2.58 bits per heavy atom. The van der Waals surface area contributed by atoms with Crippen molar-refractivity contribution in [3.05, 3.63) is 96.7 Å². The van der Waals surface area contributed by atoms with Crippen molar-refractivity contribution in [1.29, 1.82) is 5.26 Å². The van der Waals surface area contributed by atoms with E-state index < -0.39 is 4.92 Å². The molecule has 3 aromatic heterocycles. The number of pyridine rings is 1. The average molecular weight is 488 g/mol. The lowest BCUT2D eigenvalue weighted by Gasteiger charge is -2.13. The number of thioether (sulfide) groups is 1. The van der Waals surface area contributed by atoms with Crippen LogP contribution in [0.3, 0.4) is 0 Å². The van der Waals surface area contributed by atoms with Gasteiger partial charge in [-0.3, -0.25) is 10.1 Å². The fourth-order valence-corrected chi connectivity index (χ4v) is 6.37. The van der Waals surface area contributed by atoms with Gasteiger partial charge in [-0.25, -0.2) is 4.98 Å². The molecule has 1 aliphatic rings. The minimum Gasteiger partial charge on any atom is -0.258 e. The third-order valence-corrected chi connectivity index (χ3v) is 8.23. The van der Waals surface area contributed by atoms with Crippen LogP contribution in [0.2, 0.25) is 0 Å². The molecule has 33 heavy (non-hydrogen) atoms. The van der Waals surface area contributed by atoms with Gasteiger partial charge in [0.05, 0.1) is 16.2 Å². The van der Waals surface area contributed by atoms with E-state index in [1.165, 1.54) is 34.3 Å². The highest BCUT2D eigenvalue weighted by atomic mass is 32.2. The van der Waals surface area contributed by atoms with E-state index in [-0.39, 0.29) is 5.69 Å². The summed E-state index contributed by atoms with van der Waals surface area (Å²) in [5, 5.41) is 25.8. The SMILES string of the molecule is N#Cc1c(SCc2ccc([N+](=O)[O-])cc2)nc2c(c1-c1cccs1)CC/C2=C/c1cccs1. The maximum Gasteiger partial charge on any atom is 0.269 e. The minimum atomic E-state index is -0.401. The highest BCUT2D eigenvalue weighted by Crippen LogP contribution is 2.44. The zero-order valence-corrected chi connectivity index (χ0v) is 19.8. The summed E-state index contributed by atoms with van der Waals surface area (Å²) in [4.78, 5) is 17.8. The van der Waals surface area contributed by atoms with Gasteiger partial charge in [0.2, 0.25) is 0 Å². The van der Waals surface area contributed by atoms with Crippen molar-refractivity contribution in [3.8, 4) is 16.5 Å². The van der Waals surface area contributed by atoms with Gasteiger partial charge in [-0.1, -0.05) is 24.3 Å². The third kappa shape index (κ3) is 4.35. The standard InChI is InChI=1S/C25H17N3O2S3/c26-14-21-23(22-4-2-12-32-22)20-10-7-17(13-19-3-1-11-31-19)24(20)27-25(21)33-15-16-5-8-18(9-6-16)28(29)30/h1-6,8-9,11-13H,7,10,15H2/b17-13-. The molecule has 0 saturated heterocycles. The van der Waals surface area contributed by atoms with E-state index in [9.17, 15) is 15.4 Å². The van der Waals surface area contributed by atoms with Crippen molar-refractivity contribution in [1.82, 2.24) is 4.98 Å². The average Bonchev–Trinajstić information content (AvgIpc) is 3.60. The normalized spacial score (nSPS) is 13.7. The Morgan fingerprint density at radius 2 is 1.91 bits per heavy atom. The Bertz CT molecular complexity index is 1380. The number of allylic oxidation sites excluding steroid dienone is 1. The molecule has 0 amide bonds. The second-order valence-electron chi connectivity index (χ2n) is 7.48. The van der Waals surface area contributed by atoms with E-state index in [1.54, 1.807) is 34.8 Å². The lowest BCUT2D eigenvalue weighted by Crippen LogP contribution is -2.00. The molecule has 0 saturated carbocycles. The molecule has 0 spiro atoms. The van der Waals surface area contributed by atoms with Gasteiger partial charge < -0.3 is 0 Å². The van der Waals surface area contributed by atoms with Crippen LogP contribution in [0.5, 0.6) is 0 Å². The van der Waals surface area contributed by atoms with Crippen LogP contribution in [-0.4, -0.2) is 9.91 Å². The molecule has 8 heteroatoms. The molecule has 0 N–H and O–H groups in total. The first-order chi connectivity index (χ1) is 16.1. The van der Waals surface area contributed by atoms with Crippen LogP contribution in [0.1, 0.15) is 33.7 Å². The maximum absolute atomic E-state index is 10.9. The van der Waals surface area contributed by atoms with Crippen LogP contribution in [0.25, 0.3) is 22.1 Å². The quantitative estimate of drug-likeness (QED) is 0.160. The summed E-state index contributed by atoms with van der Waals surface area (Å²) in [5.41, 5.74) is 5.96. The first-order valence-electron chi connectivity index (χ1n) is 10.3. The number of non-ortho nitro benzene ring substituents is 1. The highest BCUT2D eigenvalue weighted by Gasteiger charge is 2.27. The lowest BCUT2D eigenvalue weighted by atomic mass is 10.0. The van der Waals surface area contributed by atoms with E-state index in [0.717, 1.165) is 40.1 Å². The zero-order chi connectivity index (χ0) is 22.8. The zero-order valence-electron chi connectivity index (χ0n) is 17.4. The van der Waals surface area contributed by atoms with Gasteiger partial charge in [0.15, 0.2) is 0 Å². The van der Waals surface area contributed by atoms with Gasteiger partial charge in [0.25, 0.3) is 5.69 Å². The van der Waals surface area contributed by atoms with Crippen LogP contribution in [0.15, 0.2) is 64.3 Å². The number of nitro groups is 1. The van der Waals surface area contributed by atoms with Crippen molar-refractivity contribution in [2.45, 2.75) is 23.6 Å². The van der Waals surface area contributed by atoms with E-state index in [1.807, 2.05) is 17.5 Å². The van der Waals surface area contributed by atoms with Crippen LogP contribution in [-0.2, 0) is 12.2 Å². The predicted molar refractivity (Wildman–Crippen MR) is 135 cm³/mol. The Labute approximate surface area is 203 Å². The summed E-state index contributed by atoms with van der Waals surface area (Å²) >= 11 is 4.84. The molecule has 0 radical (unpaired) electrons. The topological polar surface area (TPSA) is 79.8 Å². The number of nitriles is 1. The van der Waals surface area contributed by atoms with Crippen molar-refractivity contribution in [3.63, 3.8) is 0 Å². The second-order valence-corrected chi connectivity index (χ2v) is 10.4. The van der Waals surface area contributed by atoms with Crippen LogP contribution >= 0.6 is 34.4 Å². The molecule has 1 aromatic carbocycles. The number of benzene rings is 1. The maximum atomic E-state index is 10.9. The van der Waals surface area contributed by atoms with Gasteiger partial charge >= 0.3 is 0 Å². The molecule has 0 bridgehead atoms. The molecule has 0 fully saturated rings. The Balaban J connectivity index is 1.57. The lowest BCUT2D eigenvalue weighted by molar-refractivity contribution is -0.384. The number of rotatable bonds is 6. The number of hydrogen-bond acceptors (Lipinski definition) is 7. The first kappa shape index (κ1) is 21.6. The third-order valence-electron chi connectivity index (χ3n) is 5.48. The van der Waals surface area contributed by atoms with Gasteiger partial charge in [0, 0.05) is 33.2 Å². The largest absolute Gasteiger partial charge is 0.269 e. The molecule has 0 atom stereocenters. The van der Waals surface area contributed by atoms with Gasteiger partial charge in [-0.15, -0.1) is 34.4 Å². The number of nitrogens with zero attached hydrogens (tertiary/aromatic N) is 3. The molecule has 4 aromatic rings. The molecular weight excluding hydrogens is 470 g/mol. The summed E-state index contributed by atoms with van der Waals surface area (Å²) in [6.07, 6.45) is 3.98. The van der Waals surface area contributed by atoms with E-state index in [4.69, 9.17) is 4.98 Å². The molecule has 1 aliphatic carbocycles. The van der Waals surface area contributed by atoms with Gasteiger partial charge in [-0.2, -0.15) is 5.26 Å².